The summed E-state index contributed by atoms with van der Waals surface area (Å²) in [7, 11) is 0. The molecule has 0 bridgehead atoms. The summed E-state index contributed by atoms with van der Waals surface area (Å²) in [6.07, 6.45) is -8.29. The van der Waals surface area contributed by atoms with Crippen LogP contribution in [0, 0.1) is 0 Å². The number of hydrogen-bond acceptors (Lipinski definition) is 10. The summed E-state index contributed by atoms with van der Waals surface area (Å²) in [4.78, 5) is 19.9. The average Bonchev–Trinajstić information content (AvgIpc) is 2.90. The number of nitrogens with zero attached hydrogens (tertiary/aromatic N) is 9. The second kappa shape index (κ2) is 17.0. The Bertz CT molecular complexity index is 930. The summed E-state index contributed by atoms with van der Waals surface area (Å²) < 4.78 is 44.8. The molecular formula is C22H36FN9O7. The summed E-state index contributed by atoms with van der Waals surface area (Å²) in [5.74, 6) is -0.752. The highest BCUT2D eigenvalue weighted by Crippen LogP contribution is 2.35. The van der Waals surface area contributed by atoms with Crippen LogP contribution in [0.15, 0.2) is 15.3 Å². The molecule has 1 saturated carbocycles. The van der Waals surface area contributed by atoms with E-state index >= 15 is 4.39 Å². The van der Waals surface area contributed by atoms with Crippen molar-refractivity contribution in [2.75, 3.05) is 19.8 Å². The van der Waals surface area contributed by atoms with E-state index in [9.17, 15) is 9.90 Å². The molecule has 2 fully saturated rings. The number of azide groups is 3. The summed E-state index contributed by atoms with van der Waals surface area (Å²) in [5.41, 5.74) is 26.9. The molecule has 1 heterocycles. The topological polar surface area (TPSA) is 230 Å². The van der Waals surface area contributed by atoms with Crippen molar-refractivity contribution in [3.8, 4) is 0 Å². The fourth-order valence-corrected chi connectivity index (χ4v) is 4.52. The monoisotopic (exact) mass is 557 g/mol. The van der Waals surface area contributed by atoms with Crippen molar-refractivity contribution < 1.29 is 38.0 Å². The number of carbonyl (C=O) groups is 1. The molecule has 1 aliphatic heterocycles. The predicted octanol–water partition coefficient (Wildman–Crippen LogP) is 4.17. The number of rotatable bonds is 15. The molecule has 1 aliphatic carbocycles. The molecule has 0 amide bonds. The molecule has 0 radical (unpaired) electrons. The van der Waals surface area contributed by atoms with Gasteiger partial charge in [-0.2, -0.15) is 0 Å². The number of carbonyl (C=O) groups excluding carboxylic acids is 1. The molecule has 0 aromatic carbocycles. The molecule has 2 aliphatic rings. The Morgan fingerprint density at radius 2 is 1.56 bits per heavy atom. The molecule has 0 aromatic rings. The van der Waals surface area contributed by atoms with Crippen molar-refractivity contribution in [1.29, 1.82) is 0 Å². The van der Waals surface area contributed by atoms with Crippen molar-refractivity contribution in [1.82, 2.24) is 0 Å². The minimum Gasteiger partial charge on any atom is -0.459 e. The molecule has 16 nitrogen and oxygen atoms in total. The van der Waals surface area contributed by atoms with Crippen LogP contribution >= 0.6 is 0 Å². The van der Waals surface area contributed by atoms with E-state index in [-0.39, 0.29) is 26.2 Å². The van der Waals surface area contributed by atoms with Crippen molar-refractivity contribution >= 4 is 5.97 Å². The van der Waals surface area contributed by atoms with Crippen LogP contribution in [-0.2, 0) is 28.5 Å². The van der Waals surface area contributed by atoms with Crippen molar-refractivity contribution in [3.63, 3.8) is 0 Å². The van der Waals surface area contributed by atoms with Gasteiger partial charge in [-0.1, -0.05) is 42.0 Å². The van der Waals surface area contributed by atoms with Crippen molar-refractivity contribution in [2.45, 2.75) is 114 Å². The van der Waals surface area contributed by atoms with Crippen LogP contribution in [0.2, 0.25) is 0 Å². The number of unbranched alkanes of at least 4 members (excludes halogenated alkanes) is 2. The standard InChI is InChI=1S/C22H36FN9O7/c1-4-6-8-35-20-15(11-27-30-24)38-22(21(16(20)23)36-9-7-5-2)39-19-14(29-32-26)10-13(28-31-25)18(17(19)34)37-12(3)33/h13-22,34H,4-11H2,1-3H3/t13-,14+,15-,16+,17-,18+,19-,20-,21-,22-/m1/s1. The summed E-state index contributed by atoms with van der Waals surface area (Å²) in [5, 5.41) is 21.9. The Labute approximate surface area is 224 Å². The average molecular weight is 558 g/mol. The minimum absolute atomic E-state index is 0.133. The van der Waals surface area contributed by atoms with Crippen LogP contribution in [0.25, 0.3) is 31.3 Å². The lowest BCUT2D eigenvalue weighted by Crippen LogP contribution is -2.63. The molecule has 1 N–H and O–H groups in total. The number of aliphatic hydroxyl groups is 1. The molecule has 0 spiro atoms. The van der Waals surface area contributed by atoms with Gasteiger partial charge in [0.15, 0.2) is 12.5 Å². The van der Waals surface area contributed by atoms with Gasteiger partial charge in [-0.3, -0.25) is 4.79 Å². The maximum absolute atomic E-state index is 16.0. The normalized spacial score (nSPS) is 34.2. The number of hydrogen-bond donors (Lipinski definition) is 1. The zero-order valence-electron chi connectivity index (χ0n) is 22.2. The van der Waals surface area contributed by atoms with Crippen molar-refractivity contribution in [3.05, 3.63) is 31.3 Å². The predicted molar refractivity (Wildman–Crippen MR) is 134 cm³/mol. The lowest BCUT2D eigenvalue weighted by atomic mass is 9.84. The first-order valence-electron chi connectivity index (χ1n) is 13.0. The van der Waals surface area contributed by atoms with Gasteiger partial charge < -0.3 is 28.8 Å². The second-order valence-corrected chi connectivity index (χ2v) is 9.22. The van der Waals surface area contributed by atoms with Gasteiger partial charge >= 0.3 is 5.97 Å². The number of alkyl halides is 1. The smallest absolute Gasteiger partial charge is 0.303 e. The number of esters is 1. The van der Waals surface area contributed by atoms with Gasteiger partial charge in [0.05, 0.1) is 30.8 Å². The molecule has 39 heavy (non-hydrogen) atoms. The Morgan fingerprint density at radius 1 is 0.974 bits per heavy atom. The lowest BCUT2D eigenvalue weighted by Gasteiger charge is -2.47. The third kappa shape index (κ3) is 9.09. The van der Waals surface area contributed by atoms with Gasteiger partial charge in [0, 0.05) is 34.9 Å². The SMILES string of the molecule is CCCCO[C@H]1[C@@H](O[C@H]2[C@H](O)[C@@H](OC(C)=O)[C@H](N=[N+]=[N-])C[C@@H]2N=[N+]=[N-])O[C@H](CN=[N+]=[N-])[C@@H](OCCCC)[C@@H]1F. The van der Waals surface area contributed by atoms with Crippen LogP contribution in [0.1, 0.15) is 52.9 Å². The van der Waals surface area contributed by atoms with Gasteiger partial charge in [0.2, 0.25) is 0 Å². The fraction of sp³-hybridized carbons (Fsp3) is 0.955. The molecule has 1 saturated heterocycles. The van der Waals surface area contributed by atoms with Gasteiger partial charge in [-0.15, -0.1) is 0 Å². The van der Waals surface area contributed by atoms with E-state index in [4.69, 9.17) is 40.3 Å². The lowest BCUT2D eigenvalue weighted by molar-refractivity contribution is -0.322. The molecule has 0 aromatic heterocycles. The molecule has 17 heteroatoms. The molecule has 10 atom stereocenters. The first kappa shape index (κ1) is 32.3. The third-order valence-corrected chi connectivity index (χ3v) is 6.42. The van der Waals surface area contributed by atoms with E-state index in [1.165, 1.54) is 0 Å². The van der Waals surface area contributed by atoms with Crippen LogP contribution in [0.5, 0.6) is 0 Å². The van der Waals surface area contributed by atoms with Gasteiger partial charge in [0.25, 0.3) is 0 Å². The number of ether oxygens (including phenoxy) is 5. The van der Waals surface area contributed by atoms with E-state index < -0.39 is 67.1 Å². The zero-order valence-corrected chi connectivity index (χ0v) is 22.2. The van der Waals surface area contributed by atoms with E-state index in [0.717, 1.165) is 19.8 Å². The Kier molecular flexibility index (Phi) is 14.1. The zero-order chi connectivity index (χ0) is 28.8. The van der Waals surface area contributed by atoms with Gasteiger partial charge in [0.1, 0.15) is 24.4 Å². The van der Waals surface area contributed by atoms with Gasteiger partial charge in [-0.05, 0) is 35.9 Å². The van der Waals surface area contributed by atoms with Crippen molar-refractivity contribution in [2.24, 2.45) is 15.3 Å². The maximum atomic E-state index is 16.0. The Balaban J connectivity index is 2.41. The highest BCUT2D eigenvalue weighted by atomic mass is 19.1. The van der Waals surface area contributed by atoms with Crippen LogP contribution < -0.4 is 0 Å². The Hall–Kier alpha value is -2.87. The molecule has 0 unspecified atom stereocenters. The fourth-order valence-electron chi connectivity index (χ4n) is 4.52. The van der Waals surface area contributed by atoms with Crippen LogP contribution in [-0.4, -0.2) is 92.0 Å². The highest BCUT2D eigenvalue weighted by molar-refractivity contribution is 5.66. The van der Waals surface area contributed by atoms with E-state index in [0.29, 0.717) is 12.8 Å². The van der Waals surface area contributed by atoms with Crippen LogP contribution in [0.3, 0.4) is 0 Å². The van der Waals surface area contributed by atoms with E-state index in [1.54, 1.807) is 0 Å². The Morgan fingerprint density at radius 3 is 2.10 bits per heavy atom. The second-order valence-electron chi connectivity index (χ2n) is 9.22. The third-order valence-electron chi connectivity index (χ3n) is 6.42. The summed E-state index contributed by atoms with van der Waals surface area (Å²) in [6.45, 7) is 5.16. The molecule has 2 rings (SSSR count). The first-order valence-corrected chi connectivity index (χ1v) is 13.0. The quantitative estimate of drug-likeness (QED) is 0.101. The summed E-state index contributed by atoms with van der Waals surface area (Å²) in [6, 6.07) is -2.16. The maximum Gasteiger partial charge on any atom is 0.303 e. The van der Waals surface area contributed by atoms with E-state index in [2.05, 4.69) is 30.1 Å². The van der Waals surface area contributed by atoms with Gasteiger partial charge in [-0.25, -0.2) is 4.39 Å². The highest BCUT2D eigenvalue weighted by Gasteiger charge is 2.52. The summed E-state index contributed by atoms with van der Waals surface area (Å²) >= 11 is 0. The minimum atomic E-state index is -1.77. The molecule has 218 valence electrons. The number of halogens is 1. The first-order chi connectivity index (χ1) is 18.8. The molecular weight excluding hydrogens is 521 g/mol. The number of aliphatic hydroxyl groups excluding tert-OH is 1. The van der Waals surface area contributed by atoms with Crippen LogP contribution in [0.4, 0.5) is 4.39 Å². The largest absolute Gasteiger partial charge is 0.459 e. The van der Waals surface area contributed by atoms with E-state index in [1.807, 2.05) is 13.8 Å².